The summed E-state index contributed by atoms with van der Waals surface area (Å²) >= 11 is 0. The summed E-state index contributed by atoms with van der Waals surface area (Å²) in [5.41, 5.74) is 7.67. The van der Waals surface area contributed by atoms with Crippen LogP contribution in [0.25, 0.3) is 0 Å². The van der Waals surface area contributed by atoms with E-state index in [1.807, 2.05) is 0 Å². The SMILES string of the molecule is CCC(Nc1c(N)cccc1C(=O)OC)C(C)C. The maximum atomic E-state index is 11.7. The lowest BCUT2D eigenvalue weighted by Crippen LogP contribution is -2.26. The van der Waals surface area contributed by atoms with Crippen molar-refractivity contribution < 1.29 is 9.53 Å². The second-order valence-electron chi connectivity index (χ2n) is 4.66. The predicted molar refractivity (Wildman–Crippen MR) is 74.7 cm³/mol. The Morgan fingerprint density at radius 3 is 2.61 bits per heavy atom. The van der Waals surface area contributed by atoms with Gasteiger partial charge in [0.05, 0.1) is 24.0 Å². The van der Waals surface area contributed by atoms with Gasteiger partial charge in [-0.05, 0) is 24.5 Å². The topological polar surface area (TPSA) is 64.3 Å². The zero-order valence-electron chi connectivity index (χ0n) is 11.5. The van der Waals surface area contributed by atoms with Crippen molar-refractivity contribution in [3.63, 3.8) is 0 Å². The minimum atomic E-state index is -0.372. The number of para-hydroxylation sites is 1. The average Bonchev–Trinajstić information content (AvgIpc) is 2.35. The Bertz CT molecular complexity index is 416. The Labute approximate surface area is 109 Å². The van der Waals surface area contributed by atoms with Crippen LogP contribution >= 0.6 is 0 Å². The lowest BCUT2D eigenvalue weighted by molar-refractivity contribution is 0.0602. The molecule has 4 nitrogen and oxygen atoms in total. The van der Waals surface area contributed by atoms with E-state index in [1.54, 1.807) is 18.2 Å². The Balaban J connectivity index is 3.10. The van der Waals surface area contributed by atoms with Crippen LogP contribution in [0.4, 0.5) is 11.4 Å². The number of rotatable bonds is 5. The highest BCUT2D eigenvalue weighted by Gasteiger charge is 2.18. The normalized spacial score (nSPS) is 12.3. The zero-order valence-corrected chi connectivity index (χ0v) is 11.5. The molecule has 0 aliphatic rings. The quantitative estimate of drug-likeness (QED) is 0.623. The van der Waals surface area contributed by atoms with Crippen molar-refractivity contribution in [2.45, 2.75) is 33.2 Å². The van der Waals surface area contributed by atoms with Crippen molar-refractivity contribution in [3.05, 3.63) is 23.8 Å². The molecule has 18 heavy (non-hydrogen) atoms. The van der Waals surface area contributed by atoms with E-state index >= 15 is 0 Å². The maximum Gasteiger partial charge on any atom is 0.340 e. The molecule has 0 saturated carbocycles. The summed E-state index contributed by atoms with van der Waals surface area (Å²) in [5.74, 6) is 0.0866. The number of carbonyl (C=O) groups is 1. The molecule has 0 heterocycles. The predicted octanol–water partition coefficient (Wildman–Crippen LogP) is 2.90. The molecule has 0 aliphatic heterocycles. The first-order valence-corrected chi connectivity index (χ1v) is 6.24. The Morgan fingerprint density at radius 2 is 2.11 bits per heavy atom. The van der Waals surface area contributed by atoms with Crippen molar-refractivity contribution in [2.24, 2.45) is 5.92 Å². The summed E-state index contributed by atoms with van der Waals surface area (Å²) in [4.78, 5) is 11.7. The number of methoxy groups -OCH3 is 1. The second-order valence-corrected chi connectivity index (χ2v) is 4.66. The van der Waals surface area contributed by atoms with Crippen LogP contribution in [0.3, 0.4) is 0 Å². The van der Waals surface area contributed by atoms with E-state index in [2.05, 4.69) is 26.1 Å². The highest BCUT2D eigenvalue weighted by atomic mass is 16.5. The first-order valence-electron chi connectivity index (χ1n) is 6.24. The largest absolute Gasteiger partial charge is 0.465 e. The van der Waals surface area contributed by atoms with Crippen LogP contribution in [-0.4, -0.2) is 19.1 Å². The molecule has 0 amide bonds. The number of nitrogen functional groups attached to an aromatic ring is 1. The van der Waals surface area contributed by atoms with Gasteiger partial charge in [0.15, 0.2) is 0 Å². The van der Waals surface area contributed by atoms with Gasteiger partial charge in [-0.1, -0.05) is 26.8 Å². The van der Waals surface area contributed by atoms with Crippen molar-refractivity contribution >= 4 is 17.3 Å². The highest BCUT2D eigenvalue weighted by Crippen LogP contribution is 2.26. The number of nitrogens with two attached hydrogens (primary N) is 1. The van der Waals surface area contributed by atoms with Crippen LogP contribution < -0.4 is 11.1 Å². The second kappa shape index (κ2) is 6.28. The monoisotopic (exact) mass is 250 g/mol. The standard InChI is InChI=1S/C14H22N2O2/c1-5-12(9(2)3)16-13-10(14(17)18-4)7-6-8-11(13)15/h6-9,12,16H,5,15H2,1-4H3. The third kappa shape index (κ3) is 3.15. The summed E-state index contributed by atoms with van der Waals surface area (Å²) in [6.07, 6.45) is 0.965. The van der Waals surface area contributed by atoms with Gasteiger partial charge < -0.3 is 15.8 Å². The molecule has 0 radical (unpaired) electrons. The maximum absolute atomic E-state index is 11.7. The lowest BCUT2D eigenvalue weighted by Gasteiger charge is -2.24. The molecule has 0 saturated heterocycles. The van der Waals surface area contributed by atoms with Crippen LogP contribution in [0, 0.1) is 5.92 Å². The molecule has 0 fully saturated rings. The summed E-state index contributed by atoms with van der Waals surface area (Å²) < 4.78 is 4.77. The summed E-state index contributed by atoms with van der Waals surface area (Å²) in [6, 6.07) is 5.53. The van der Waals surface area contributed by atoms with Gasteiger partial charge in [0.2, 0.25) is 0 Å². The van der Waals surface area contributed by atoms with E-state index in [-0.39, 0.29) is 12.0 Å². The minimum absolute atomic E-state index is 0.276. The molecule has 1 atom stereocenters. The Kier molecular flexibility index (Phi) is 5.01. The van der Waals surface area contributed by atoms with Gasteiger partial charge in [-0.15, -0.1) is 0 Å². The first-order chi connectivity index (χ1) is 8.51. The molecule has 1 rings (SSSR count). The van der Waals surface area contributed by atoms with Gasteiger partial charge in [-0.3, -0.25) is 0 Å². The summed E-state index contributed by atoms with van der Waals surface area (Å²) in [7, 11) is 1.37. The number of carbonyl (C=O) groups excluding carboxylic acids is 1. The molecule has 1 unspecified atom stereocenters. The van der Waals surface area contributed by atoms with Crippen molar-refractivity contribution in [3.8, 4) is 0 Å². The van der Waals surface area contributed by atoms with E-state index in [0.717, 1.165) is 6.42 Å². The molecule has 0 spiro atoms. The third-order valence-electron chi connectivity index (χ3n) is 3.08. The lowest BCUT2D eigenvalue weighted by atomic mass is 10.0. The van der Waals surface area contributed by atoms with E-state index in [4.69, 9.17) is 10.5 Å². The van der Waals surface area contributed by atoms with Crippen LogP contribution in [0.2, 0.25) is 0 Å². The smallest absolute Gasteiger partial charge is 0.340 e. The number of ether oxygens (including phenoxy) is 1. The third-order valence-corrected chi connectivity index (χ3v) is 3.08. The van der Waals surface area contributed by atoms with Gasteiger partial charge in [0.1, 0.15) is 0 Å². The van der Waals surface area contributed by atoms with Crippen molar-refractivity contribution in [2.75, 3.05) is 18.2 Å². The van der Waals surface area contributed by atoms with E-state index in [9.17, 15) is 4.79 Å². The van der Waals surface area contributed by atoms with Crippen molar-refractivity contribution in [1.29, 1.82) is 0 Å². The van der Waals surface area contributed by atoms with E-state index in [0.29, 0.717) is 22.9 Å². The number of anilines is 2. The van der Waals surface area contributed by atoms with E-state index in [1.165, 1.54) is 7.11 Å². The van der Waals surface area contributed by atoms with Gasteiger partial charge in [0, 0.05) is 6.04 Å². The molecular formula is C14H22N2O2. The van der Waals surface area contributed by atoms with Crippen LogP contribution in [0.15, 0.2) is 18.2 Å². The van der Waals surface area contributed by atoms with Crippen LogP contribution in [-0.2, 0) is 4.74 Å². The van der Waals surface area contributed by atoms with Gasteiger partial charge in [-0.2, -0.15) is 0 Å². The van der Waals surface area contributed by atoms with Crippen LogP contribution in [0.5, 0.6) is 0 Å². The van der Waals surface area contributed by atoms with Gasteiger partial charge in [0.25, 0.3) is 0 Å². The van der Waals surface area contributed by atoms with Gasteiger partial charge >= 0.3 is 5.97 Å². The van der Waals surface area contributed by atoms with Crippen LogP contribution in [0.1, 0.15) is 37.6 Å². The molecule has 1 aromatic carbocycles. The molecule has 0 aromatic heterocycles. The average molecular weight is 250 g/mol. The number of nitrogens with one attached hydrogen (secondary N) is 1. The summed E-state index contributed by atoms with van der Waals surface area (Å²) in [5, 5.41) is 3.35. The van der Waals surface area contributed by atoms with Gasteiger partial charge in [-0.25, -0.2) is 4.79 Å². The van der Waals surface area contributed by atoms with Crippen molar-refractivity contribution in [1.82, 2.24) is 0 Å². The number of hydrogen-bond donors (Lipinski definition) is 2. The number of hydrogen-bond acceptors (Lipinski definition) is 4. The fourth-order valence-electron chi connectivity index (χ4n) is 1.94. The Morgan fingerprint density at radius 1 is 1.44 bits per heavy atom. The molecule has 1 aromatic rings. The number of benzene rings is 1. The molecular weight excluding hydrogens is 228 g/mol. The zero-order chi connectivity index (χ0) is 13.7. The molecule has 0 aliphatic carbocycles. The minimum Gasteiger partial charge on any atom is -0.465 e. The first kappa shape index (κ1) is 14.4. The molecule has 3 N–H and O–H groups in total. The summed E-state index contributed by atoms with van der Waals surface area (Å²) in [6.45, 7) is 6.38. The molecule has 100 valence electrons. The highest BCUT2D eigenvalue weighted by molar-refractivity contribution is 5.98. The Hall–Kier alpha value is -1.71. The van der Waals surface area contributed by atoms with E-state index < -0.39 is 0 Å². The molecule has 4 heteroatoms. The number of esters is 1. The fraction of sp³-hybridized carbons (Fsp3) is 0.500. The molecule has 0 bridgehead atoms. The fourth-order valence-corrected chi connectivity index (χ4v) is 1.94.